The van der Waals surface area contributed by atoms with E-state index in [9.17, 15) is 4.79 Å². The number of halogens is 4. The lowest BCUT2D eigenvalue weighted by Crippen LogP contribution is -2.14. The van der Waals surface area contributed by atoms with Crippen LogP contribution < -0.4 is 0 Å². The fourth-order valence-electron chi connectivity index (χ4n) is 0.140. The summed E-state index contributed by atoms with van der Waals surface area (Å²) in [5, 5.41) is 0. The standard InChI is InChI=1S/C3H2Cl4O2/c4-1(5)2(6)9-3(7)8/h1-2H. The highest BCUT2D eigenvalue weighted by Gasteiger charge is 2.16. The zero-order chi connectivity index (χ0) is 7.44. The molecule has 2 nitrogen and oxygen atoms in total. The summed E-state index contributed by atoms with van der Waals surface area (Å²) < 4.78 is 4.14. The second-order valence-corrected chi connectivity index (χ2v) is 2.94. The van der Waals surface area contributed by atoms with Crippen LogP contribution in [0.3, 0.4) is 0 Å². The molecule has 0 aromatic rings. The molecule has 0 aromatic heterocycles. The molecule has 0 fully saturated rings. The van der Waals surface area contributed by atoms with Gasteiger partial charge in [-0.05, 0) is 0 Å². The van der Waals surface area contributed by atoms with Gasteiger partial charge in [0.1, 0.15) is 0 Å². The topological polar surface area (TPSA) is 26.3 Å². The van der Waals surface area contributed by atoms with E-state index in [0.717, 1.165) is 0 Å². The summed E-state index contributed by atoms with van der Waals surface area (Å²) in [6.07, 6.45) is 0. The molecule has 0 aliphatic heterocycles. The van der Waals surface area contributed by atoms with E-state index in [1.54, 1.807) is 0 Å². The third-order valence-electron chi connectivity index (χ3n) is 0.403. The average Bonchev–Trinajstić information content (AvgIpc) is 1.63. The minimum atomic E-state index is -1.08. The van der Waals surface area contributed by atoms with Crippen molar-refractivity contribution in [3.63, 3.8) is 0 Å². The van der Waals surface area contributed by atoms with Crippen molar-refractivity contribution in [3.05, 3.63) is 0 Å². The molecule has 6 heteroatoms. The van der Waals surface area contributed by atoms with Gasteiger partial charge in [0.05, 0.1) is 0 Å². The smallest absolute Gasteiger partial charge is 0.405 e. The molecule has 0 radical (unpaired) electrons. The van der Waals surface area contributed by atoms with E-state index in [1.165, 1.54) is 0 Å². The van der Waals surface area contributed by atoms with E-state index >= 15 is 0 Å². The Kier molecular flexibility index (Phi) is 4.76. The highest BCUT2D eigenvalue weighted by molar-refractivity contribution is 6.61. The Balaban J connectivity index is 3.50. The van der Waals surface area contributed by atoms with Crippen LogP contribution in [0.25, 0.3) is 0 Å². The van der Waals surface area contributed by atoms with Crippen LogP contribution in [0.4, 0.5) is 4.79 Å². The summed E-state index contributed by atoms with van der Waals surface area (Å²) in [6, 6.07) is 0. The van der Waals surface area contributed by atoms with Gasteiger partial charge < -0.3 is 4.74 Å². The molecule has 0 rings (SSSR count). The van der Waals surface area contributed by atoms with Crippen LogP contribution in [0.5, 0.6) is 0 Å². The average molecular weight is 212 g/mol. The molecule has 0 aliphatic rings. The third-order valence-corrected chi connectivity index (χ3v) is 1.55. The van der Waals surface area contributed by atoms with Crippen molar-refractivity contribution in [3.8, 4) is 0 Å². The molecule has 54 valence electrons. The maximum atomic E-state index is 9.90. The third kappa shape index (κ3) is 5.09. The Labute approximate surface area is 72.0 Å². The Hall–Kier alpha value is 0.630. The van der Waals surface area contributed by atoms with E-state index in [4.69, 9.17) is 46.4 Å². The van der Waals surface area contributed by atoms with Gasteiger partial charge in [-0.3, -0.25) is 0 Å². The van der Waals surface area contributed by atoms with Gasteiger partial charge in [0.2, 0.25) is 5.56 Å². The van der Waals surface area contributed by atoms with Crippen LogP contribution >= 0.6 is 46.4 Å². The molecule has 9 heavy (non-hydrogen) atoms. The molecule has 1 atom stereocenters. The van der Waals surface area contributed by atoms with Crippen molar-refractivity contribution in [2.45, 2.75) is 10.4 Å². The summed E-state index contributed by atoms with van der Waals surface area (Å²) in [5.41, 5.74) is -2.11. The summed E-state index contributed by atoms with van der Waals surface area (Å²) in [6.45, 7) is 0. The first-order valence-corrected chi connectivity index (χ1v) is 3.51. The molecule has 0 aliphatic carbocycles. The molecule has 0 amide bonds. The number of hydrogen-bond acceptors (Lipinski definition) is 2. The van der Waals surface area contributed by atoms with Crippen LogP contribution in [-0.2, 0) is 4.74 Å². The Bertz CT molecular complexity index is 104. The zero-order valence-electron chi connectivity index (χ0n) is 3.98. The first kappa shape index (κ1) is 9.63. The molecule has 0 saturated heterocycles. The van der Waals surface area contributed by atoms with E-state index in [2.05, 4.69) is 4.74 Å². The molecular weight excluding hydrogens is 210 g/mol. The number of rotatable bonds is 2. The van der Waals surface area contributed by atoms with Crippen molar-refractivity contribution >= 4 is 51.8 Å². The van der Waals surface area contributed by atoms with E-state index in [0.29, 0.717) is 0 Å². The van der Waals surface area contributed by atoms with Crippen molar-refractivity contribution in [2.75, 3.05) is 0 Å². The highest BCUT2D eigenvalue weighted by atomic mass is 35.5. The lowest BCUT2D eigenvalue weighted by molar-refractivity contribution is 0.164. The van der Waals surface area contributed by atoms with Crippen LogP contribution in [-0.4, -0.2) is 15.8 Å². The second-order valence-electron chi connectivity index (χ2n) is 1.04. The van der Waals surface area contributed by atoms with Gasteiger partial charge in [0, 0.05) is 11.6 Å². The monoisotopic (exact) mass is 210 g/mol. The molecule has 0 saturated carbocycles. The molecule has 0 N–H and O–H groups in total. The first-order chi connectivity index (χ1) is 4.04. The van der Waals surface area contributed by atoms with Gasteiger partial charge in [-0.2, -0.15) is 0 Å². The summed E-state index contributed by atoms with van der Waals surface area (Å²) >= 11 is 20.3. The summed E-state index contributed by atoms with van der Waals surface area (Å²) in [7, 11) is 0. The summed E-state index contributed by atoms with van der Waals surface area (Å²) in [5.74, 6) is 0. The van der Waals surface area contributed by atoms with E-state index in [1.807, 2.05) is 0 Å². The highest BCUT2D eigenvalue weighted by Crippen LogP contribution is 2.15. The lowest BCUT2D eigenvalue weighted by Gasteiger charge is -2.07. The number of alkyl halides is 3. The van der Waals surface area contributed by atoms with Crippen molar-refractivity contribution in [2.24, 2.45) is 0 Å². The lowest BCUT2D eigenvalue weighted by atomic mass is 10.8. The first-order valence-electron chi connectivity index (χ1n) is 1.82. The maximum absolute atomic E-state index is 9.90. The van der Waals surface area contributed by atoms with Gasteiger partial charge in [-0.25, -0.2) is 4.79 Å². The van der Waals surface area contributed by atoms with Crippen LogP contribution in [0.15, 0.2) is 0 Å². The van der Waals surface area contributed by atoms with Gasteiger partial charge in [0.25, 0.3) is 0 Å². The normalized spacial score (nSPS) is 13.4. The molecule has 0 spiro atoms. The molecular formula is C3H2Cl4O2. The van der Waals surface area contributed by atoms with E-state index < -0.39 is 15.8 Å². The van der Waals surface area contributed by atoms with Crippen molar-refractivity contribution in [1.82, 2.24) is 0 Å². The summed E-state index contributed by atoms with van der Waals surface area (Å²) in [4.78, 5) is 8.94. The number of hydrogen-bond donors (Lipinski definition) is 0. The predicted molar refractivity (Wildman–Crippen MR) is 37.5 cm³/mol. The maximum Gasteiger partial charge on any atom is 0.405 e. The Morgan fingerprint density at radius 3 is 1.89 bits per heavy atom. The Morgan fingerprint density at radius 1 is 1.33 bits per heavy atom. The molecule has 0 aromatic carbocycles. The van der Waals surface area contributed by atoms with Gasteiger partial charge in [0.15, 0.2) is 4.84 Å². The van der Waals surface area contributed by atoms with Crippen molar-refractivity contribution < 1.29 is 9.53 Å². The molecule has 1 unspecified atom stereocenters. The van der Waals surface area contributed by atoms with E-state index in [-0.39, 0.29) is 0 Å². The minimum Gasteiger partial charge on any atom is -0.431 e. The van der Waals surface area contributed by atoms with Crippen LogP contribution in [0.1, 0.15) is 0 Å². The van der Waals surface area contributed by atoms with Gasteiger partial charge in [-0.1, -0.05) is 34.8 Å². The van der Waals surface area contributed by atoms with Gasteiger partial charge in [-0.15, -0.1) is 0 Å². The minimum absolute atomic E-state index is 0.964. The second kappa shape index (κ2) is 4.45. The van der Waals surface area contributed by atoms with Crippen molar-refractivity contribution in [1.29, 1.82) is 0 Å². The van der Waals surface area contributed by atoms with Crippen LogP contribution in [0.2, 0.25) is 0 Å². The number of ether oxygens (including phenoxy) is 1. The van der Waals surface area contributed by atoms with Gasteiger partial charge >= 0.3 is 5.43 Å². The molecule has 0 heterocycles. The molecule has 0 bridgehead atoms. The fraction of sp³-hybridized carbons (Fsp3) is 0.667. The zero-order valence-corrected chi connectivity index (χ0v) is 7.01. The van der Waals surface area contributed by atoms with Crippen LogP contribution in [0, 0.1) is 0 Å². The predicted octanol–water partition coefficient (Wildman–Crippen LogP) is 2.73. The number of carbonyl (C=O) groups excluding carboxylic acids is 1. The SMILES string of the molecule is O=C(Cl)OC(Cl)C(Cl)Cl. The number of carbonyl (C=O) groups is 1. The quantitative estimate of drug-likeness (QED) is 0.519. The fourth-order valence-corrected chi connectivity index (χ4v) is 0.465. The Morgan fingerprint density at radius 2 is 1.78 bits per heavy atom. The largest absolute Gasteiger partial charge is 0.431 e.